The van der Waals surface area contributed by atoms with Crippen LogP contribution < -0.4 is 16.0 Å². The maximum atomic E-state index is 13.2. The molecule has 0 aliphatic carbocycles. The molecule has 0 heterocycles. The van der Waals surface area contributed by atoms with E-state index < -0.39 is 47.6 Å². The summed E-state index contributed by atoms with van der Waals surface area (Å²) >= 11 is 0. The van der Waals surface area contributed by atoms with E-state index in [4.69, 9.17) is 0 Å². The summed E-state index contributed by atoms with van der Waals surface area (Å²) < 4.78 is 4.47. The van der Waals surface area contributed by atoms with Gasteiger partial charge in [-0.05, 0) is 37.0 Å². The molecule has 1 unspecified atom stereocenters. The second-order valence-electron chi connectivity index (χ2n) is 9.27. The van der Waals surface area contributed by atoms with Gasteiger partial charge in [-0.25, -0.2) is 4.79 Å². The van der Waals surface area contributed by atoms with E-state index >= 15 is 0 Å². The van der Waals surface area contributed by atoms with Crippen molar-refractivity contribution >= 4 is 29.5 Å². The number of amides is 3. The maximum absolute atomic E-state index is 13.2. The van der Waals surface area contributed by atoms with E-state index in [2.05, 4.69) is 20.7 Å². The molecule has 3 N–H and O–H groups in total. The molecule has 0 saturated heterocycles. The summed E-state index contributed by atoms with van der Waals surface area (Å²) in [5, 5.41) is 8.17. The molecule has 0 radical (unpaired) electrons. The number of methoxy groups -OCH3 is 1. The third-order valence-corrected chi connectivity index (χ3v) is 5.64. The van der Waals surface area contributed by atoms with Crippen LogP contribution in [0, 0.1) is 5.92 Å². The van der Waals surface area contributed by atoms with Crippen LogP contribution in [0.4, 0.5) is 0 Å². The predicted molar refractivity (Wildman–Crippen MR) is 138 cm³/mol. The van der Waals surface area contributed by atoms with Crippen LogP contribution in [0.5, 0.6) is 0 Å². The first-order valence-electron chi connectivity index (χ1n) is 12.2. The minimum absolute atomic E-state index is 0.143. The lowest BCUT2D eigenvalue weighted by Gasteiger charge is -2.24. The van der Waals surface area contributed by atoms with Crippen molar-refractivity contribution in [1.29, 1.82) is 0 Å². The quantitative estimate of drug-likeness (QED) is 0.280. The van der Waals surface area contributed by atoms with Crippen LogP contribution in [0.15, 0.2) is 60.7 Å². The molecule has 3 amide bonds. The van der Waals surface area contributed by atoms with Gasteiger partial charge >= 0.3 is 5.97 Å². The molecule has 3 atom stereocenters. The van der Waals surface area contributed by atoms with Crippen LogP contribution in [0.25, 0.3) is 0 Å². The number of rotatable bonds is 13. The Hall–Kier alpha value is -4.01. The Labute approximate surface area is 217 Å². The Morgan fingerprint density at radius 3 is 1.95 bits per heavy atom. The van der Waals surface area contributed by atoms with E-state index in [1.54, 1.807) is 30.3 Å². The lowest BCUT2D eigenvalue weighted by atomic mass is 9.98. The number of esters is 1. The lowest BCUT2D eigenvalue weighted by Crippen LogP contribution is -2.54. The van der Waals surface area contributed by atoms with Gasteiger partial charge in [-0.15, -0.1) is 0 Å². The standard InChI is InChI=1S/C28H35N3O6/c1-18(2)15-22(17-24(32)28(36)37-4)30-25(33)19(3)29-27(35)23(16-20-11-7-5-8-12-20)31-26(34)21-13-9-6-10-14-21/h5-14,18-19,22-23H,15-17H2,1-4H3,(H,29,35)(H,30,33)(H,31,34)/t19-,22?,23-/m0/s1. The highest BCUT2D eigenvalue weighted by molar-refractivity contribution is 6.33. The first-order valence-corrected chi connectivity index (χ1v) is 12.2. The smallest absolute Gasteiger partial charge is 0.374 e. The summed E-state index contributed by atoms with van der Waals surface area (Å²) in [6.45, 7) is 5.37. The van der Waals surface area contributed by atoms with E-state index in [-0.39, 0.29) is 18.8 Å². The number of benzene rings is 2. The molecular weight excluding hydrogens is 474 g/mol. The topological polar surface area (TPSA) is 131 Å². The number of nitrogens with one attached hydrogen (secondary N) is 3. The average molecular weight is 510 g/mol. The molecule has 198 valence electrons. The minimum Gasteiger partial charge on any atom is -0.463 e. The fourth-order valence-electron chi connectivity index (χ4n) is 3.78. The number of carbonyl (C=O) groups is 5. The Morgan fingerprint density at radius 1 is 0.784 bits per heavy atom. The van der Waals surface area contributed by atoms with Gasteiger partial charge in [0.25, 0.3) is 5.91 Å². The van der Waals surface area contributed by atoms with Crippen LogP contribution >= 0.6 is 0 Å². The first-order chi connectivity index (χ1) is 17.6. The van der Waals surface area contributed by atoms with Crippen molar-refractivity contribution < 1.29 is 28.7 Å². The summed E-state index contributed by atoms with van der Waals surface area (Å²) in [7, 11) is 1.12. The van der Waals surface area contributed by atoms with Crippen LogP contribution in [-0.2, 0) is 30.3 Å². The molecule has 0 spiro atoms. The van der Waals surface area contributed by atoms with Crippen molar-refractivity contribution in [3.8, 4) is 0 Å². The normalized spacial score (nSPS) is 13.1. The van der Waals surface area contributed by atoms with Gasteiger partial charge in [-0.3, -0.25) is 19.2 Å². The molecule has 0 saturated carbocycles. The molecule has 37 heavy (non-hydrogen) atoms. The van der Waals surface area contributed by atoms with Crippen molar-refractivity contribution in [3.63, 3.8) is 0 Å². The van der Waals surface area contributed by atoms with Crippen molar-refractivity contribution in [1.82, 2.24) is 16.0 Å². The Bertz CT molecular complexity index is 1070. The Morgan fingerprint density at radius 2 is 1.38 bits per heavy atom. The van der Waals surface area contributed by atoms with Gasteiger partial charge in [0.2, 0.25) is 17.6 Å². The van der Waals surface area contributed by atoms with Gasteiger partial charge < -0.3 is 20.7 Å². The zero-order valence-corrected chi connectivity index (χ0v) is 21.7. The monoisotopic (exact) mass is 509 g/mol. The van der Waals surface area contributed by atoms with E-state index in [1.165, 1.54) is 6.92 Å². The number of hydrogen-bond acceptors (Lipinski definition) is 6. The highest BCUT2D eigenvalue weighted by atomic mass is 16.5. The highest BCUT2D eigenvalue weighted by Crippen LogP contribution is 2.10. The molecule has 2 aromatic rings. The second-order valence-corrected chi connectivity index (χ2v) is 9.27. The summed E-state index contributed by atoms with van der Waals surface area (Å²) in [6.07, 6.45) is 0.475. The zero-order valence-electron chi connectivity index (χ0n) is 21.7. The summed E-state index contributed by atoms with van der Waals surface area (Å²) in [6, 6.07) is 15.3. The molecule has 9 heteroatoms. The summed E-state index contributed by atoms with van der Waals surface area (Å²) in [4.78, 5) is 62.4. The van der Waals surface area contributed by atoms with Gasteiger partial charge in [0.05, 0.1) is 7.11 Å². The zero-order chi connectivity index (χ0) is 27.4. The van der Waals surface area contributed by atoms with Gasteiger partial charge in [0, 0.05) is 24.4 Å². The van der Waals surface area contributed by atoms with Crippen LogP contribution in [-0.4, -0.2) is 54.7 Å². The van der Waals surface area contributed by atoms with E-state index in [9.17, 15) is 24.0 Å². The molecule has 0 aliphatic heterocycles. The molecule has 0 aromatic heterocycles. The predicted octanol–water partition coefficient (Wildman–Crippen LogP) is 2.20. The molecule has 9 nitrogen and oxygen atoms in total. The lowest BCUT2D eigenvalue weighted by molar-refractivity contribution is -0.152. The maximum Gasteiger partial charge on any atom is 0.374 e. The second kappa shape index (κ2) is 14.5. The number of ether oxygens (including phenoxy) is 1. The fourth-order valence-corrected chi connectivity index (χ4v) is 3.78. The van der Waals surface area contributed by atoms with Gasteiger partial charge in [0.15, 0.2) is 0 Å². The highest BCUT2D eigenvalue weighted by Gasteiger charge is 2.28. The van der Waals surface area contributed by atoms with Crippen molar-refractivity contribution in [2.75, 3.05) is 7.11 Å². The van der Waals surface area contributed by atoms with E-state index in [1.807, 2.05) is 44.2 Å². The third kappa shape index (κ3) is 9.87. The molecule has 2 rings (SSSR count). The van der Waals surface area contributed by atoms with Crippen molar-refractivity contribution in [2.45, 2.75) is 58.2 Å². The largest absolute Gasteiger partial charge is 0.463 e. The fraction of sp³-hybridized carbons (Fsp3) is 0.393. The Kier molecular flexibility index (Phi) is 11.5. The van der Waals surface area contributed by atoms with Crippen LogP contribution in [0.2, 0.25) is 0 Å². The van der Waals surface area contributed by atoms with Gasteiger partial charge in [0.1, 0.15) is 12.1 Å². The molecular formula is C28H35N3O6. The van der Waals surface area contributed by atoms with Gasteiger partial charge in [-0.2, -0.15) is 0 Å². The summed E-state index contributed by atoms with van der Waals surface area (Å²) in [5.41, 5.74) is 1.25. The molecule has 0 aliphatic rings. The number of ketones is 1. The van der Waals surface area contributed by atoms with Crippen LogP contribution in [0.3, 0.4) is 0 Å². The SMILES string of the molecule is COC(=O)C(=O)CC(CC(C)C)NC(=O)[C@H](C)NC(=O)[C@H](Cc1ccccc1)NC(=O)c1ccccc1. The summed E-state index contributed by atoms with van der Waals surface area (Å²) in [5.74, 6) is -3.01. The average Bonchev–Trinajstić information content (AvgIpc) is 2.88. The molecule has 2 aromatic carbocycles. The Balaban J connectivity index is 2.10. The van der Waals surface area contributed by atoms with Gasteiger partial charge in [-0.1, -0.05) is 62.4 Å². The van der Waals surface area contributed by atoms with Crippen molar-refractivity contribution in [2.24, 2.45) is 5.92 Å². The molecule has 0 bridgehead atoms. The first kappa shape index (κ1) is 29.2. The number of Topliss-reactive ketones (excluding diaryl/α,β-unsaturated/α-hetero) is 1. The van der Waals surface area contributed by atoms with Crippen molar-refractivity contribution in [3.05, 3.63) is 71.8 Å². The number of carbonyl (C=O) groups excluding carboxylic acids is 5. The van der Waals surface area contributed by atoms with Crippen LogP contribution in [0.1, 0.15) is 49.5 Å². The number of hydrogen-bond donors (Lipinski definition) is 3. The minimum atomic E-state index is -0.970. The van der Waals surface area contributed by atoms with E-state index in [0.717, 1.165) is 12.7 Å². The van der Waals surface area contributed by atoms with E-state index in [0.29, 0.717) is 12.0 Å². The third-order valence-electron chi connectivity index (χ3n) is 5.64. The molecule has 0 fully saturated rings.